The second-order valence-electron chi connectivity index (χ2n) is 8.72. The number of ether oxygens (including phenoxy) is 3. The van der Waals surface area contributed by atoms with Crippen LogP contribution in [0.4, 0.5) is 5.82 Å². The highest BCUT2D eigenvalue weighted by atomic mass is 16.5. The molecule has 3 rings (SSSR count). The maximum Gasteiger partial charge on any atom is 0.257 e. The van der Waals surface area contributed by atoms with Gasteiger partial charge in [-0.05, 0) is 51.0 Å². The molecule has 2 aromatic rings. The summed E-state index contributed by atoms with van der Waals surface area (Å²) in [6.07, 6.45) is 5.69. The van der Waals surface area contributed by atoms with E-state index in [0.29, 0.717) is 23.9 Å². The van der Waals surface area contributed by atoms with Gasteiger partial charge in [-0.15, -0.1) is 0 Å². The van der Waals surface area contributed by atoms with E-state index in [1.165, 1.54) is 6.08 Å². The molecule has 0 saturated heterocycles. The van der Waals surface area contributed by atoms with Crippen LogP contribution in [0.2, 0.25) is 0 Å². The van der Waals surface area contributed by atoms with E-state index in [-0.39, 0.29) is 24.5 Å². The Morgan fingerprint density at radius 2 is 2.15 bits per heavy atom. The van der Waals surface area contributed by atoms with E-state index in [1.807, 2.05) is 38.1 Å². The Morgan fingerprint density at radius 3 is 2.85 bits per heavy atom. The molecule has 1 aliphatic rings. The van der Waals surface area contributed by atoms with Gasteiger partial charge in [0.15, 0.2) is 11.5 Å². The highest BCUT2D eigenvalue weighted by Crippen LogP contribution is 2.37. The van der Waals surface area contributed by atoms with Crippen molar-refractivity contribution in [1.29, 1.82) is 0 Å². The average Bonchev–Trinajstić information content (AvgIpc) is 2.95. The number of fused-ring (bicyclic) bond motifs is 1. The Bertz CT molecular complexity index is 1080. The minimum absolute atomic E-state index is 0.169. The van der Waals surface area contributed by atoms with Crippen LogP contribution in [-0.4, -0.2) is 48.1 Å². The largest absolute Gasteiger partial charge is 0.493 e. The third-order valence-corrected chi connectivity index (χ3v) is 5.83. The van der Waals surface area contributed by atoms with Gasteiger partial charge in [0.2, 0.25) is 5.91 Å². The van der Waals surface area contributed by atoms with Crippen LogP contribution in [0.15, 0.2) is 36.5 Å². The number of nitrogens with zero attached hydrogens (tertiary/aromatic N) is 2. The van der Waals surface area contributed by atoms with Crippen molar-refractivity contribution in [1.82, 2.24) is 9.88 Å². The monoisotopic (exact) mass is 467 g/mol. The number of pyridine rings is 1. The minimum atomic E-state index is -0.939. The molecule has 8 heteroatoms. The summed E-state index contributed by atoms with van der Waals surface area (Å²) in [5.74, 6) is 1.36. The molecule has 182 valence electrons. The molecule has 0 unspecified atom stereocenters. The number of rotatable bonds is 8. The number of likely N-dealkylation sites (N-methyl/N-ethyl adjacent to an activating group) is 1. The van der Waals surface area contributed by atoms with Gasteiger partial charge >= 0.3 is 0 Å². The quantitative estimate of drug-likeness (QED) is 0.580. The SMILES string of the molecule is CCCOc1c(OC)cccc1[C@@H](C)N(C)C(=O)C=Cc1cnc2c(c1)COC(C)(C)C(=O)N2. The average molecular weight is 468 g/mol. The summed E-state index contributed by atoms with van der Waals surface area (Å²) in [6, 6.07) is 7.30. The smallest absolute Gasteiger partial charge is 0.257 e. The van der Waals surface area contributed by atoms with Crippen LogP contribution in [0.3, 0.4) is 0 Å². The van der Waals surface area contributed by atoms with Gasteiger partial charge in [0.25, 0.3) is 5.91 Å². The molecule has 0 spiro atoms. The lowest BCUT2D eigenvalue weighted by Crippen LogP contribution is -2.38. The molecular weight excluding hydrogens is 434 g/mol. The fourth-order valence-corrected chi connectivity index (χ4v) is 3.49. The molecule has 1 N–H and O–H groups in total. The van der Waals surface area contributed by atoms with Gasteiger partial charge in [-0.3, -0.25) is 9.59 Å². The molecule has 0 fully saturated rings. The summed E-state index contributed by atoms with van der Waals surface area (Å²) < 4.78 is 17.1. The third-order valence-electron chi connectivity index (χ3n) is 5.83. The minimum Gasteiger partial charge on any atom is -0.493 e. The number of nitrogens with one attached hydrogen (secondary N) is 1. The topological polar surface area (TPSA) is 90.0 Å². The van der Waals surface area contributed by atoms with Crippen molar-refractivity contribution < 1.29 is 23.8 Å². The first-order chi connectivity index (χ1) is 16.2. The van der Waals surface area contributed by atoms with E-state index in [4.69, 9.17) is 14.2 Å². The van der Waals surface area contributed by atoms with Gasteiger partial charge < -0.3 is 24.4 Å². The van der Waals surface area contributed by atoms with Crippen molar-refractivity contribution in [2.45, 2.75) is 52.4 Å². The van der Waals surface area contributed by atoms with E-state index in [1.54, 1.807) is 45.2 Å². The second-order valence-corrected chi connectivity index (χ2v) is 8.72. The summed E-state index contributed by atoms with van der Waals surface area (Å²) in [7, 11) is 3.35. The van der Waals surface area contributed by atoms with Crippen molar-refractivity contribution in [3.8, 4) is 11.5 Å². The molecule has 2 heterocycles. The fourth-order valence-electron chi connectivity index (χ4n) is 3.49. The van der Waals surface area contributed by atoms with Gasteiger partial charge in [-0.1, -0.05) is 19.1 Å². The van der Waals surface area contributed by atoms with E-state index >= 15 is 0 Å². The Labute approximate surface area is 200 Å². The van der Waals surface area contributed by atoms with Gasteiger partial charge in [-0.25, -0.2) is 4.98 Å². The lowest BCUT2D eigenvalue weighted by Gasteiger charge is -2.26. The molecule has 34 heavy (non-hydrogen) atoms. The number of para-hydroxylation sites is 1. The number of benzene rings is 1. The van der Waals surface area contributed by atoms with E-state index in [9.17, 15) is 9.59 Å². The predicted octanol–water partition coefficient (Wildman–Crippen LogP) is 4.36. The second kappa shape index (κ2) is 10.7. The van der Waals surface area contributed by atoms with Crippen molar-refractivity contribution in [3.63, 3.8) is 0 Å². The van der Waals surface area contributed by atoms with Crippen LogP contribution in [-0.2, 0) is 20.9 Å². The zero-order valence-electron chi connectivity index (χ0n) is 20.7. The van der Waals surface area contributed by atoms with Crippen molar-refractivity contribution in [2.24, 2.45) is 0 Å². The summed E-state index contributed by atoms with van der Waals surface area (Å²) >= 11 is 0. The molecule has 0 saturated carbocycles. The summed E-state index contributed by atoms with van der Waals surface area (Å²) in [6.45, 7) is 8.22. The fraction of sp³-hybridized carbons (Fsp3) is 0.423. The zero-order valence-corrected chi connectivity index (χ0v) is 20.7. The Kier molecular flexibility index (Phi) is 7.94. The molecule has 0 bridgehead atoms. The standard InChI is InChI=1S/C26H33N3O5/c1-7-13-33-23-20(9-8-10-21(23)32-6)17(2)29(5)22(30)12-11-18-14-19-16-34-26(3,4)25(31)28-24(19)27-15-18/h8-12,14-15,17H,7,13,16H2,1-6H3,(H,27,28,31)/t17-/m1/s1. The number of carbonyl (C=O) groups is 2. The Hall–Kier alpha value is -3.39. The first kappa shape index (κ1) is 25.2. The molecule has 8 nitrogen and oxygen atoms in total. The van der Waals surface area contributed by atoms with Crippen molar-refractivity contribution >= 4 is 23.7 Å². The molecule has 2 amide bonds. The molecular formula is C26H33N3O5. The first-order valence-corrected chi connectivity index (χ1v) is 11.4. The van der Waals surface area contributed by atoms with Gasteiger partial charge in [0, 0.05) is 30.4 Å². The molecule has 1 aromatic heterocycles. The van der Waals surface area contributed by atoms with Gasteiger partial charge in [0.05, 0.1) is 26.4 Å². The van der Waals surface area contributed by atoms with Gasteiger partial charge in [-0.2, -0.15) is 0 Å². The number of aromatic nitrogens is 1. The highest BCUT2D eigenvalue weighted by Gasteiger charge is 2.32. The lowest BCUT2D eigenvalue weighted by molar-refractivity contribution is -0.137. The van der Waals surface area contributed by atoms with Crippen molar-refractivity contribution in [2.75, 3.05) is 26.1 Å². The van der Waals surface area contributed by atoms with Crippen LogP contribution in [0.5, 0.6) is 11.5 Å². The Morgan fingerprint density at radius 1 is 1.38 bits per heavy atom. The Balaban J connectivity index is 1.76. The highest BCUT2D eigenvalue weighted by molar-refractivity contribution is 5.97. The number of amides is 2. The maximum absolute atomic E-state index is 12.9. The lowest BCUT2D eigenvalue weighted by atomic mass is 10.0. The number of methoxy groups -OCH3 is 1. The number of hydrogen-bond acceptors (Lipinski definition) is 6. The maximum atomic E-state index is 12.9. The first-order valence-electron chi connectivity index (χ1n) is 11.4. The van der Waals surface area contributed by atoms with E-state index in [2.05, 4.69) is 10.3 Å². The van der Waals surface area contributed by atoms with Crippen molar-refractivity contribution in [3.05, 3.63) is 53.2 Å². The van der Waals surface area contributed by atoms with E-state index < -0.39 is 5.60 Å². The number of anilines is 1. The van der Waals surface area contributed by atoms with Crippen LogP contribution in [0.1, 0.15) is 56.8 Å². The van der Waals surface area contributed by atoms with Gasteiger partial charge in [0.1, 0.15) is 11.4 Å². The van der Waals surface area contributed by atoms with Crippen LogP contribution >= 0.6 is 0 Å². The van der Waals surface area contributed by atoms with Crippen LogP contribution in [0, 0.1) is 0 Å². The third kappa shape index (κ3) is 5.56. The summed E-state index contributed by atoms with van der Waals surface area (Å²) in [4.78, 5) is 31.2. The van der Waals surface area contributed by atoms with E-state index in [0.717, 1.165) is 23.1 Å². The molecule has 1 aromatic carbocycles. The van der Waals surface area contributed by atoms with Crippen LogP contribution < -0.4 is 14.8 Å². The normalized spacial score (nSPS) is 15.8. The molecule has 0 aliphatic carbocycles. The predicted molar refractivity (Wildman–Crippen MR) is 131 cm³/mol. The summed E-state index contributed by atoms with van der Waals surface area (Å²) in [5, 5.41) is 2.79. The summed E-state index contributed by atoms with van der Waals surface area (Å²) in [5.41, 5.74) is 1.42. The molecule has 1 atom stereocenters. The van der Waals surface area contributed by atoms with Crippen LogP contribution in [0.25, 0.3) is 6.08 Å². The number of carbonyl (C=O) groups excluding carboxylic acids is 2. The zero-order chi connectivity index (χ0) is 24.9. The molecule has 0 radical (unpaired) electrons. The molecule has 1 aliphatic heterocycles. The number of hydrogen-bond donors (Lipinski definition) is 1.